The standard InChI is InChI=1S/C26H22N4O/c1-3-29-18(2)22(20-13-8-10-16-24(20)29)17-27-30-25(19-11-5-4-6-12-19)28-23-15-9-7-14-21(23)26(30)31/h4-17H,3H2,1-2H3. The van der Waals surface area contributed by atoms with Gasteiger partial charge in [-0.3, -0.25) is 4.79 Å². The zero-order valence-electron chi connectivity index (χ0n) is 17.5. The molecule has 0 aliphatic rings. The minimum atomic E-state index is -0.183. The summed E-state index contributed by atoms with van der Waals surface area (Å²) in [6, 6.07) is 25.4. The molecular weight excluding hydrogens is 384 g/mol. The molecule has 0 spiro atoms. The van der Waals surface area contributed by atoms with Crippen LogP contribution >= 0.6 is 0 Å². The number of aryl methyl sites for hydroxylation is 1. The van der Waals surface area contributed by atoms with Gasteiger partial charge in [0, 0.05) is 34.3 Å². The Hall–Kier alpha value is -3.99. The molecule has 3 aromatic carbocycles. The molecule has 0 bridgehead atoms. The van der Waals surface area contributed by atoms with Gasteiger partial charge in [-0.15, -0.1) is 0 Å². The van der Waals surface area contributed by atoms with E-state index in [0.717, 1.165) is 34.3 Å². The van der Waals surface area contributed by atoms with Crippen LogP contribution in [0, 0.1) is 6.92 Å². The SMILES string of the molecule is CCn1c(C)c(C=Nn2c(-c3ccccc3)nc3ccccc3c2=O)c2ccccc21. The molecule has 0 radical (unpaired) electrons. The fourth-order valence-corrected chi connectivity index (χ4v) is 4.15. The summed E-state index contributed by atoms with van der Waals surface area (Å²) in [4.78, 5) is 18.1. The van der Waals surface area contributed by atoms with E-state index >= 15 is 0 Å². The second kappa shape index (κ2) is 7.69. The van der Waals surface area contributed by atoms with Crippen molar-refractivity contribution < 1.29 is 0 Å². The highest BCUT2D eigenvalue weighted by molar-refractivity contribution is 6.01. The molecule has 0 saturated carbocycles. The van der Waals surface area contributed by atoms with Gasteiger partial charge in [0.05, 0.1) is 17.1 Å². The van der Waals surface area contributed by atoms with Crippen molar-refractivity contribution in [2.45, 2.75) is 20.4 Å². The minimum Gasteiger partial charge on any atom is -0.344 e. The van der Waals surface area contributed by atoms with E-state index in [2.05, 4.69) is 35.6 Å². The highest BCUT2D eigenvalue weighted by Gasteiger charge is 2.14. The molecule has 5 aromatic rings. The number of aromatic nitrogens is 3. The first-order valence-corrected chi connectivity index (χ1v) is 10.4. The van der Waals surface area contributed by atoms with Gasteiger partial charge in [0.1, 0.15) is 0 Å². The van der Waals surface area contributed by atoms with Crippen LogP contribution < -0.4 is 5.56 Å². The number of rotatable bonds is 4. The van der Waals surface area contributed by atoms with E-state index in [1.165, 1.54) is 4.68 Å². The molecule has 0 fully saturated rings. The van der Waals surface area contributed by atoms with Crippen molar-refractivity contribution in [1.82, 2.24) is 14.2 Å². The number of benzene rings is 3. The van der Waals surface area contributed by atoms with Gasteiger partial charge < -0.3 is 4.57 Å². The Morgan fingerprint density at radius 2 is 1.58 bits per heavy atom. The molecule has 31 heavy (non-hydrogen) atoms. The van der Waals surface area contributed by atoms with Gasteiger partial charge in [-0.1, -0.05) is 60.7 Å². The predicted molar refractivity (Wildman–Crippen MR) is 127 cm³/mol. The van der Waals surface area contributed by atoms with Crippen molar-refractivity contribution in [3.05, 3.63) is 100 Å². The molecule has 2 heterocycles. The largest absolute Gasteiger partial charge is 0.344 e. The van der Waals surface area contributed by atoms with Gasteiger partial charge in [-0.25, -0.2) is 4.98 Å². The van der Waals surface area contributed by atoms with E-state index in [1.807, 2.05) is 60.7 Å². The summed E-state index contributed by atoms with van der Waals surface area (Å²) in [6.45, 7) is 5.09. The highest BCUT2D eigenvalue weighted by Crippen LogP contribution is 2.25. The number of hydrogen-bond donors (Lipinski definition) is 0. The van der Waals surface area contributed by atoms with Gasteiger partial charge in [-0.2, -0.15) is 9.78 Å². The molecular formula is C26H22N4O. The molecule has 152 valence electrons. The van der Waals surface area contributed by atoms with Gasteiger partial charge in [0.15, 0.2) is 5.82 Å². The van der Waals surface area contributed by atoms with Gasteiger partial charge in [-0.05, 0) is 32.0 Å². The monoisotopic (exact) mass is 406 g/mol. The first-order valence-electron chi connectivity index (χ1n) is 10.4. The molecule has 5 nitrogen and oxygen atoms in total. The summed E-state index contributed by atoms with van der Waals surface area (Å²) >= 11 is 0. The summed E-state index contributed by atoms with van der Waals surface area (Å²) in [6.07, 6.45) is 1.79. The Kier molecular flexibility index (Phi) is 4.71. The van der Waals surface area contributed by atoms with E-state index < -0.39 is 0 Å². The zero-order valence-corrected chi connectivity index (χ0v) is 17.5. The van der Waals surface area contributed by atoms with Crippen LogP contribution in [0.2, 0.25) is 0 Å². The lowest BCUT2D eigenvalue weighted by atomic mass is 10.1. The maximum atomic E-state index is 13.4. The number of fused-ring (bicyclic) bond motifs is 2. The molecule has 0 aliphatic carbocycles. The minimum absolute atomic E-state index is 0.183. The second-order valence-corrected chi connectivity index (χ2v) is 7.44. The average molecular weight is 406 g/mol. The lowest BCUT2D eigenvalue weighted by molar-refractivity contribution is 0.768. The van der Waals surface area contributed by atoms with E-state index in [9.17, 15) is 4.79 Å². The van der Waals surface area contributed by atoms with Crippen LogP contribution in [0.5, 0.6) is 0 Å². The van der Waals surface area contributed by atoms with Crippen LogP contribution in [0.15, 0.2) is 88.8 Å². The normalized spacial score (nSPS) is 11.7. The van der Waals surface area contributed by atoms with Gasteiger partial charge in [0.2, 0.25) is 0 Å². The molecule has 0 saturated heterocycles. The Morgan fingerprint density at radius 1 is 0.903 bits per heavy atom. The van der Waals surface area contributed by atoms with Crippen LogP contribution in [-0.4, -0.2) is 20.4 Å². The third-order valence-corrected chi connectivity index (χ3v) is 5.68. The lowest BCUT2D eigenvalue weighted by Crippen LogP contribution is -2.20. The van der Waals surface area contributed by atoms with Crippen LogP contribution in [0.1, 0.15) is 18.2 Å². The third kappa shape index (κ3) is 3.15. The average Bonchev–Trinajstić information content (AvgIpc) is 3.09. The maximum Gasteiger partial charge on any atom is 0.282 e. The smallest absolute Gasteiger partial charge is 0.282 e. The molecule has 2 aromatic heterocycles. The maximum absolute atomic E-state index is 13.4. The molecule has 0 amide bonds. The molecule has 0 N–H and O–H groups in total. The summed E-state index contributed by atoms with van der Waals surface area (Å²) in [5, 5.41) is 6.33. The second-order valence-electron chi connectivity index (χ2n) is 7.44. The Labute approximate surface area is 179 Å². The van der Waals surface area contributed by atoms with Crippen molar-refractivity contribution in [3.63, 3.8) is 0 Å². The first-order chi connectivity index (χ1) is 15.2. The van der Waals surface area contributed by atoms with Gasteiger partial charge in [0.25, 0.3) is 5.56 Å². The van der Waals surface area contributed by atoms with Crippen LogP contribution in [0.4, 0.5) is 0 Å². The topological polar surface area (TPSA) is 52.2 Å². The summed E-state index contributed by atoms with van der Waals surface area (Å²) in [7, 11) is 0. The number of nitrogens with zero attached hydrogens (tertiary/aromatic N) is 4. The molecule has 0 atom stereocenters. The summed E-state index contributed by atoms with van der Waals surface area (Å²) in [5.41, 5.74) is 4.62. The van der Waals surface area contributed by atoms with Crippen LogP contribution in [0.25, 0.3) is 33.2 Å². The van der Waals surface area contributed by atoms with Crippen molar-refractivity contribution in [3.8, 4) is 11.4 Å². The Morgan fingerprint density at radius 3 is 2.35 bits per heavy atom. The van der Waals surface area contributed by atoms with Crippen LogP contribution in [0.3, 0.4) is 0 Å². The highest BCUT2D eigenvalue weighted by atomic mass is 16.1. The van der Waals surface area contributed by atoms with Crippen molar-refractivity contribution >= 4 is 28.0 Å². The fraction of sp³-hybridized carbons (Fsp3) is 0.115. The first kappa shape index (κ1) is 19.0. The van der Waals surface area contributed by atoms with E-state index in [0.29, 0.717) is 16.7 Å². The molecule has 0 unspecified atom stereocenters. The Balaban J connectivity index is 1.76. The summed E-state index contributed by atoms with van der Waals surface area (Å²) < 4.78 is 3.67. The quantitative estimate of drug-likeness (QED) is 0.384. The Bertz CT molecular complexity index is 1490. The van der Waals surface area contributed by atoms with Gasteiger partial charge >= 0.3 is 0 Å². The van der Waals surface area contributed by atoms with Crippen molar-refractivity contribution in [2.75, 3.05) is 0 Å². The zero-order chi connectivity index (χ0) is 21.4. The summed E-state index contributed by atoms with van der Waals surface area (Å²) in [5.74, 6) is 0.525. The molecule has 0 aliphatic heterocycles. The predicted octanol–water partition coefficient (Wildman–Crippen LogP) is 5.23. The molecule has 5 rings (SSSR count). The third-order valence-electron chi connectivity index (χ3n) is 5.68. The van der Waals surface area contributed by atoms with Crippen LogP contribution in [-0.2, 0) is 6.54 Å². The van der Waals surface area contributed by atoms with Crippen molar-refractivity contribution in [1.29, 1.82) is 0 Å². The fourth-order valence-electron chi connectivity index (χ4n) is 4.15. The number of para-hydroxylation sites is 2. The van der Waals surface area contributed by atoms with Crippen molar-refractivity contribution in [2.24, 2.45) is 5.10 Å². The van der Waals surface area contributed by atoms with E-state index in [1.54, 1.807) is 12.3 Å². The lowest BCUT2D eigenvalue weighted by Gasteiger charge is -2.09. The molecule has 5 heteroatoms. The van der Waals surface area contributed by atoms with E-state index in [4.69, 9.17) is 4.98 Å². The number of hydrogen-bond acceptors (Lipinski definition) is 3. The van der Waals surface area contributed by atoms with E-state index in [-0.39, 0.29) is 5.56 Å².